The van der Waals surface area contributed by atoms with Gasteiger partial charge < -0.3 is 14.4 Å². The Kier molecular flexibility index (Phi) is 7.80. The van der Waals surface area contributed by atoms with E-state index in [9.17, 15) is 22.8 Å². The highest BCUT2D eigenvalue weighted by Crippen LogP contribution is 2.30. The third kappa shape index (κ3) is 6.11. The van der Waals surface area contributed by atoms with Gasteiger partial charge in [-0.2, -0.15) is 13.2 Å². The molecule has 0 spiro atoms. The minimum atomic E-state index is -4.42. The van der Waals surface area contributed by atoms with E-state index in [2.05, 4.69) is 45.2 Å². The van der Waals surface area contributed by atoms with Crippen LogP contribution in [0.2, 0.25) is 0 Å². The Balaban J connectivity index is 1.08. The topological polar surface area (TPSA) is 76.3 Å². The number of aromatic nitrogens is 4. The third-order valence-electron chi connectivity index (χ3n) is 8.38. The van der Waals surface area contributed by atoms with Crippen LogP contribution in [0.25, 0.3) is 27.8 Å². The monoisotopic (exact) mass is 634 g/mol. The molecule has 6 aromatic rings. The molecule has 1 saturated heterocycles. The first-order chi connectivity index (χ1) is 22.7. The van der Waals surface area contributed by atoms with Crippen molar-refractivity contribution in [2.75, 3.05) is 19.6 Å². The maximum absolute atomic E-state index is 13.7. The summed E-state index contributed by atoms with van der Waals surface area (Å²) < 4.78 is 42.6. The van der Waals surface area contributed by atoms with Gasteiger partial charge in [-0.1, -0.05) is 78.0 Å². The molecule has 47 heavy (non-hydrogen) atoms. The summed E-state index contributed by atoms with van der Waals surface area (Å²) in [4.78, 5) is 29.8. The minimum Gasteiger partial charge on any atom is -0.335 e. The number of fused-ring (bicyclic) bond motifs is 1. The van der Waals surface area contributed by atoms with E-state index in [0.29, 0.717) is 29.1 Å². The quantitative estimate of drug-likeness (QED) is 0.203. The second-order valence-electron chi connectivity index (χ2n) is 11.4. The maximum atomic E-state index is 13.7. The van der Waals surface area contributed by atoms with Crippen LogP contribution in [0, 0.1) is 0 Å². The molecule has 0 saturated carbocycles. The molecule has 0 bridgehead atoms. The molecule has 1 aliphatic rings. The maximum Gasteiger partial charge on any atom is 0.416 e. The lowest BCUT2D eigenvalue weighted by Gasteiger charge is -2.34. The van der Waals surface area contributed by atoms with Crippen LogP contribution in [0.1, 0.15) is 27.2 Å². The molecular formula is C36H29F3N6O2. The first-order valence-electron chi connectivity index (χ1n) is 15.1. The standard InChI is InChI=1S/C36H29F3N6O2/c37-36(38,39)28-16-14-25(15-17-28)21-42-18-19-43(24-34(42)46)35(47)30-11-5-7-13-32(30)45-23-29(40-41-45)22-44-31-12-6-4-10-27(31)20-33(44)26-8-2-1-3-9-26/h1-17,20,23H,18-19,21-22,24H2. The van der Waals surface area contributed by atoms with E-state index >= 15 is 0 Å². The molecule has 2 aromatic heterocycles. The lowest BCUT2D eigenvalue weighted by molar-refractivity contribution is -0.138. The van der Waals surface area contributed by atoms with Crippen molar-refractivity contribution in [2.45, 2.75) is 19.3 Å². The molecule has 0 aliphatic carbocycles. The van der Waals surface area contributed by atoms with Gasteiger partial charge >= 0.3 is 6.18 Å². The van der Waals surface area contributed by atoms with Crippen LogP contribution in [0.4, 0.5) is 13.2 Å². The first kappa shape index (κ1) is 30.0. The summed E-state index contributed by atoms with van der Waals surface area (Å²) in [6.07, 6.45) is -2.61. The van der Waals surface area contributed by atoms with Crippen molar-refractivity contribution in [1.82, 2.24) is 29.4 Å². The molecular weight excluding hydrogens is 605 g/mol. The van der Waals surface area contributed by atoms with Gasteiger partial charge in [0.1, 0.15) is 12.2 Å². The zero-order chi connectivity index (χ0) is 32.5. The number of para-hydroxylation sites is 2. The highest BCUT2D eigenvalue weighted by molar-refractivity contribution is 6.00. The molecule has 7 rings (SSSR count). The molecule has 0 radical (unpaired) electrons. The van der Waals surface area contributed by atoms with Crippen molar-refractivity contribution in [2.24, 2.45) is 0 Å². The lowest BCUT2D eigenvalue weighted by Crippen LogP contribution is -2.51. The van der Waals surface area contributed by atoms with Crippen LogP contribution in [0.5, 0.6) is 0 Å². The molecule has 1 aliphatic heterocycles. The van der Waals surface area contributed by atoms with Gasteiger partial charge in [0.25, 0.3) is 5.91 Å². The molecule has 2 amide bonds. The SMILES string of the molecule is O=C1CN(C(=O)c2ccccc2-n2cc(Cn3c(-c4ccccc4)cc4ccccc43)nn2)CCN1Cc1ccc(C(F)(F)F)cc1. The summed E-state index contributed by atoms with van der Waals surface area (Å²) in [6.45, 7) is 1.03. The minimum absolute atomic E-state index is 0.140. The van der Waals surface area contributed by atoms with Crippen LogP contribution >= 0.6 is 0 Å². The smallest absolute Gasteiger partial charge is 0.335 e. The van der Waals surface area contributed by atoms with Gasteiger partial charge in [-0.05, 0) is 47.5 Å². The number of benzene rings is 4. The number of hydrogen-bond acceptors (Lipinski definition) is 4. The van der Waals surface area contributed by atoms with Gasteiger partial charge in [-0.15, -0.1) is 5.10 Å². The zero-order valence-corrected chi connectivity index (χ0v) is 25.1. The number of rotatable bonds is 7. The fourth-order valence-electron chi connectivity index (χ4n) is 5.97. The Hall–Kier alpha value is -5.71. The number of carbonyl (C=O) groups excluding carboxylic acids is 2. The molecule has 8 nitrogen and oxygen atoms in total. The van der Waals surface area contributed by atoms with Gasteiger partial charge in [-0.3, -0.25) is 9.59 Å². The number of piperazine rings is 1. The molecule has 0 atom stereocenters. The van der Waals surface area contributed by atoms with Crippen LogP contribution < -0.4 is 0 Å². The third-order valence-corrected chi connectivity index (χ3v) is 8.38. The van der Waals surface area contributed by atoms with E-state index in [1.165, 1.54) is 17.0 Å². The number of hydrogen-bond donors (Lipinski definition) is 0. The predicted molar refractivity (Wildman–Crippen MR) is 171 cm³/mol. The van der Waals surface area contributed by atoms with E-state index in [-0.39, 0.29) is 38.0 Å². The Morgan fingerprint density at radius 2 is 1.53 bits per heavy atom. The van der Waals surface area contributed by atoms with E-state index in [1.54, 1.807) is 27.8 Å². The fraction of sp³-hybridized carbons (Fsp3) is 0.167. The second-order valence-corrected chi connectivity index (χ2v) is 11.4. The number of alkyl halides is 3. The Bertz CT molecular complexity index is 2070. The Morgan fingerprint density at radius 3 is 2.30 bits per heavy atom. The van der Waals surface area contributed by atoms with Crippen LogP contribution in [0.15, 0.2) is 115 Å². The average Bonchev–Trinajstić information content (AvgIpc) is 3.71. The summed E-state index contributed by atoms with van der Waals surface area (Å²) in [7, 11) is 0. The van der Waals surface area contributed by atoms with Crippen LogP contribution in [0.3, 0.4) is 0 Å². The molecule has 4 aromatic carbocycles. The van der Waals surface area contributed by atoms with Gasteiger partial charge in [0.15, 0.2) is 0 Å². The first-order valence-corrected chi connectivity index (χ1v) is 15.1. The van der Waals surface area contributed by atoms with Gasteiger partial charge in [0.05, 0.1) is 29.6 Å². The van der Waals surface area contributed by atoms with Crippen molar-refractivity contribution in [3.8, 4) is 16.9 Å². The number of amides is 2. The van der Waals surface area contributed by atoms with Crippen molar-refractivity contribution >= 4 is 22.7 Å². The van der Waals surface area contributed by atoms with Crippen LogP contribution in [-0.4, -0.2) is 60.8 Å². The summed E-state index contributed by atoms with van der Waals surface area (Å²) in [6, 6.07) is 32.3. The summed E-state index contributed by atoms with van der Waals surface area (Å²) in [5.74, 6) is -0.596. The zero-order valence-electron chi connectivity index (χ0n) is 25.1. The molecule has 3 heterocycles. The number of nitrogens with zero attached hydrogens (tertiary/aromatic N) is 6. The van der Waals surface area contributed by atoms with Crippen molar-refractivity contribution in [3.63, 3.8) is 0 Å². The van der Waals surface area contributed by atoms with E-state index in [1.807, 2.05) is 42.6 Å². The van der Waals surface area contributed by atoms with E-state index < -0.39 is 11.7 Å². The summed E-state index contributed by atoms with van der Waals surface area (Å²) in [5, 5.41) is 9.93. The fourth-order valence-corrected chi connectivity index (χ4v) is 5.97. The van der Waals surface area contributed by atoms with Crippen molar-refractivity contribution in [1.29, 1.82) is 0 Å². The van der Waals surface area contributed by atoms with Crippen LogP contribution in [-0.2, 0) is 24.1 Å². The highest BCUT2D eigenvalue weighted by Gasteiger charge is 2.31. The van der Waals surface area contributed by atoms with Crippen molar-refractivity contribution in [3.05, 3.63) is 138 Å². The van der Waals surface area contributed by atoms with E-state index in [0.717, 1.165) is 34.3 Å². The summed E-state index contributed by atoms with van der Waals surface area (Å²) in [5.41, 5.74) is 4.68. The molecule has 0 unspecified atom stereocenters. The molecule has 0 N–H and O–H groups in total. The van der Waals surface area contributed by atoms with Gasteiger partial charge in [0.2, 0.25) is 5.91 Å². The van der Waals surface area contributed by atoms with Gasteiger partial charge in [-0.25, -0.2) is 4.68 Å². The predicted octanol–water partition coefficient (Wildman–Crippen LogP) is 6.44. The second kappa shape index (κ2) is 12.2. The molecule has 236 valence electrons. The Morgan fingerprint density at radius 1 is 0.809 bits per heavy atom. The normalized spacial score (nSPS) is 13.8. The average molecular weight is 635 g/mol. The highest BCUT2D eigenvalue weighted by atomic mass is 19.4. The molecule has 1 fully saturated rings. The number of carbonyl (C=O) groups is 2. The van der Waals surface area contributed by atoms with Crippen molar-refractivity contribution < 1.29 is 22.8 Å². The van der Waals surface area contributed by atoms with E-state index in [4.69, 9.17) is 0 Å². The largest absolute Gasteiger partial charge is 0.416 e. The Labute approximate surface area is 268 Å². The lowest BCUT2D eigenvalue weighted by atomic mass is 10.1. The summed E-state index contributed by atoms with van der Waals surface area (Å²) >= 11 is 0. The number of halogens is 3. The molecule has 11 heteroatoms. The van der Waals surface area contributed by atoms with Gasteiger partial charge in [0, 0.05) is 36.2 Å².